The van der Waals surface area contributed by atoms with Crippen LogP contribution in [-0.4, -0.2) is 23.5 Å². The number of nitrogens with two attached hydrogens (primary N) is 1. The van der Waals surface area contributed by atoms with Crippen LogP contribution in [0.4, 0.5) is 18.9 Å². The SMILES string of the molecule is CCN(Cc1ccccc1N)C(=O)CC(F)(F)F. The maximum absolute atomic E-state index is 12.1. The van der Waals surface area contributed by atoms with Crippen LogP contribution >= 0.6 is 0 Å². The van der Waals surface area contributed by atoms with Gasteiger partial charge < -0.3 is 10.6 Å². The quantitative estimate of drug-likeness (QED) is 0.846. The van der Waals surface area contributed by atoms with Crippen LogP contribution in [0, 0.1) is 0 Å². The highest BCUT2D eigenvalue weighted by Crippen LogP contribution is 2.22. The third kappa shape index (κ3) is 4.27. The second kappa shape index (κ2) is 5.75. The highest BCUT2D eigenvalue weighted by molar-refractivity contribution is 5.77. The minimum atomic E-state index is -4.48. The number of benzene rings is 1. The molecule has 0 saturated heterocycles. The molecule has 0 bridgehead atoms. The van der Waals surface area contributed by atoms with Crippen LogP contribution in [0.1, 0.15) is 18.9 Å². The Hall–Kier alpha value is -1.72. The van der Waals surface area contributed by atoms with Crippen molar-refractivity contribution in [2.45, 2.75) is 26.1 Å². The molecule has 2 N–H and O–H groups in total. The second-order valence-corrected chi connectivity index (χ2v) is 3.90. The van der Waals surface area contributed by atoms with Crippen molar-refractivity contribution in [2.24, 2.45) is 0 Å². The van der Waals surface area contributed by atoms with Gasteiger partial charge in [0.25, 0.3) is 0 Å². The van der Waals surface area contributed by atoms with Gasteiger partial charge in [0.15, 0.2) is 0 Å². The van der Waals surface area contributed by atoms with E-state index >= 15 is 0 Å². The number of hydrogen-bond acceptors (Lipinski definition) is 2. The van der Waals surface area contributed by atoms with Crippen molar-refractivity contribution in [2.75, 3.05) is 12.3 Å². The Morgan fingerprint density at radius 3 is 2.44 bits per heavy atom. The first-order valence-electron chi connectivity index (χ1n) is 5.51. The average Bonchev–Trinajstić information content (AvgIpc) is 2.25. The molecule has 0 unspecified atom stereocenters. The molecule has 3 nitrogen and oxygen atoms in total. The van der Waals surface area contributed by atoms with Gasteiger partial charge in [-0.05, 0) is 18.6 Å². The van der Waals surface area contributed by atoms with Gasteiger partial charge in [0.05, 0.1) is 0 Å². The van der Waals surface area contributed by atoms with Gasteiger partial charge in [-0.3, -0.25) is 4.79 Å². The molecule has 1 aromatic rings. The average molecular weight is 260 g/mol. The molecule has 0 aliphatic carbocycles. The molecule has 0 atom stereocenters. The Morgan fingerprint density at radius 2 is 1.94 bits per heavy atom. The summed E-state index contributed by atoms with van der Waals surface area (Å²) < 4.78 is 36.4. The largest absolute Gasteiger partial charge is 0.398 e. The van der Waals surface area contributed by atoms with Gasteiger partial charge in [-0.2, -0.15) is 13.2 Å². The fourth-order valence-electron chi connectivity index (χ4n) is 1.54. The van der Waals surface area contributed by atoms with Crippen molar-refractivity contribution < 1.29 is 18.0 Å². The van der Waals surface area contributed by atoms with Crippen LogP contribution in [0.25, 0.3) is 0 Å². The van der Waals surface area contributed by atoms with E-state index in [1.807, 2.05) is 0 Å². The summed E-state index contributed by atoms with van der Waals surface area (Å²) in [5.41, 5.74) is 6.81. The summed E-state index contributed by atoms with van der Waals surface area (Å²) in [5.74, 6) is -0.937. The predicted molar refractivity (Wildman–Crippen MR) is 62.6 cm³/mol. The van der Waals surface area contributed by atoms with Crippen LogP contribution < -0.4 is 5.73 Å². The molecule has 0 spiro atoms. The molecule has 100 valence electrons. The van der Waals surface area contributed by atoms with E-state index in [1.165, 1.54) is 0 Å². The number of alkyl halides is 3. The molecule has 0 radical (unpaired) electrons. The standard InChI is InChI=1S/C12H15F3N2O/c1-2-17(11(18)7-12(13,14)15)8-9-5-3-4-6-10(9)16/h3-6H,2,7-8,16H2,1H3. The Labute approximate surface area is 103 Å². The number of nitrogens with zero attached hydrogens (tertiary/aromatic N) is 1. The van der Waals surface area contributed by atoms with Gasteiger partial charge in [0.2, 0.25) is 5.91 Å². The summed E-state index contributed by atoms with van der Waals surface area (Å²) in [4.78, 5) is 12.6. The van der Waals surface area contributed by atoms with Gasteiger partial charge >= 0.3 is 6.18 Å². The summed E-state index contributed by atoms with van der Waals surface area (Å²) in [6.45, 7) is 1.94. The molecule has 1 amide bonds. The van der Waals surface area contributed by atoms with Crippen molar-refractivity contribution in [3.63, 3.8) is 0 Å². The molecule has 1 rings (SSSR count). The summed E-state index contributed by atoms with van der Waals surface area (Å²) in [6.07, 6.45) is -5.92. The van der Waals surface area contributed by atoms with Crippen LogP contribution in [0.2, 0.25) is 0 Å². The van der Waals surface area contributed by atoms with Crippen LogP contribution in [0.15, 0.2) is 24.3 Å². The lowest BCUT2D eigenvalue weighted by Crippen LogP contribution is -2.33. The maximum Gasteiger partial charge on any atom is 0.397 e. The molecular formula is C12H15F3N2O. The molecule has 0 aliphatic rings. The van der Waals surface area contributed by atoms with Gasteiger partial charge in [-0.1, -0.05) is 18.2 Å². The highest BCUT2D eigenvalue weighted by Gasteiger charge is 2.33. The topological polar surface area (TPSA) is 46.3 Å². The van der Waals surface area contributed by atoms with E-state index in [1.54, 1.807) is 31.2 Å². The lowest BCUT2D eigenvalue weighted by Gasteiger charge is -2.22. The van der Waals surface area contributed by atoms with Crippen LogP contribution in [-0.2, 0) is 11.3 Å². The minimum absolute atomic E-state index is 0.0953. The molecule has 0 heterocycles. The number of hydrogen-bond donors (Lipinski definition) is 1. The van der Waals surface area contributed by atoms with Crippen molar-refractivity contribution >= 4 is 11.6 Å². The number of para-hydroxylation sites is 1. The van der Waals surface area contributed by atoms with Gasteiger partial charge in [-0.15, -0.1) is 0 Å². The predicted octanol–water partition coefficient (Wildman–Crippen LogP) is 2.57. The molecular weight excluding hydrogens is 245 g/mol. The molecule has 1 aromatic carbocycles. The fraction of sp³-hybridized carbons (Fsp3) is 0.417. The van der Waals surface area contributed by atoms with E-state index in [0.29, 0.717) is 11.3 Å². The number of rotatable bonds is 4. The zero-order chi connectivity index (χ0) is 13.8. The van der Waals surface area contributed by atoms with Crippen molar-refractivity contribution in [3.05, 3.63) is 29.8 Å². The third-order valence-electron chi connectivity index (χ3n) is 2.50. The van der Waals surface area contributed by atoms with E-state index < -0.39 is 18.5 Å². The second-order valence-electron chi connectivity index (χ2n) is 3.90. The van der Waals surface area contributed by atoms with Crippen LogP contribution in [0.5, 0.6) is 0 Å². The zero-order valence-electron chi connectivity index (χ0n) is 10.00. The lowest BCUT2D eigenvalue weighted by atomic mass is 10.1. The molecule has 0 fully saturated rings. The van der Waals surface area contributed by atoms with Crippen molar-refractivity contribution in [1.82, 2.24) is 4.90 Å². The number of nitrogen functional groups attached to an aromatic ring is 1. The summed E-state index contributed by atoms with van der Waals surface area (Å²) in [6, 6.07) is 6.80. The van der Waals surface area contributed by atoms with Gasteiger partial charge in [0.1, 0.15) is 6.42 Å². The molecule has 18 heavy (non-hydrogen) atoms. The Morgan fingerprint density at radius 1 is 1.33 bits per heavy atom. The zero-order valence-corrected chi connectivity index (χ0v) is 10.00. The maximum atomic E-state index is 12.1. The number of anilines is 1. The monoisotopic (exact) mass is 260 g/mol. The summed E-state index contributed by atoms with van der Waals surface area (Å²) in [5, 5.41) is 0. The van der Waals surface area contributed by atoms with E-state index in [2.05, 4.69) is 0 Å². The molecule has 6 heteroatoms. The summed E-state index contributed by atoms with van der Waals surface area (Å²) in [7, 11) is 0. The number of carbonyl (C=O) groups excluding carboxylic acids is 1. The third-order valence-corrected chi connectivity index (χ3v) is 2.50. The Bertz CT molecular complexity index is 418. The Kier molecular flexibility index (Phi) is 4.58. The molecule has 0 aromatic heterocycles. The van der Waals surface area contributed by atoms with Gasteiger partial charge in [0, 0.05) is 18.8 Å². The molecule has 0 saturated carbocycles. The van der Waals surface area contributed by atoms with E-state index in [9.17, 15) is 18.0 Å². The number of amides is 1. The van der Waals surface area contributed by atoms with E-state index in [4.69, 9.17) is 5.73 Å². The van der Waals surface area contributed by atoms with Gasteiger partial charge in [-0.25, -0.2) is 0 Å². The number of halogens is 3. The summed E-state index contributed by atoms with van der Waals surface area (Å²) >= 11 is 0. The first-order valence-corrected chi connectivity index (χ1v) is 5.51. The smallest absolute Gasteiger partial charge is 0.397 e. The van der Waals surface area contributed by atoms with Crippen LogP contribution in [0.3, 0.4) is 0 Å². The minimum Gasteiger partial charge on any atom is -0.398 e. The lowest BCUT2D eigenvalue weighted by molar-refractivity contribution is -0.161. The first kappa shape index (κ1) is 14.3. The number of carbonyl (C=O) groups is 1. The van der Waals surface area contributed by atoms with Crippen molar-refractivity contribution in [1.29, 1.82) is 0 Å². The van der Waals surface area contributed by atoms with E-state index in [-0.39, 0.29) is 13.1 Å². The normalized spacial score (nSPS) is 11.3. The van der Waals surface area contributed by atoms with Crippen molar-refractivity contribution in [3.8, 4) is 0 Å². The Balaban J connectivity index is 2.74. The fourth-order valence-corrected chi connectivity index (χ4v) is 1.54. The molecule has 0 aliphatic heterocycles. The highest BCUT2D eigenvalue weighted by atomic mass is 19.4. The first-order chi connectivity index (χ1) is 8.33. The van der Waals surface area contributed by atoms with E-state index in [0.717, 1.165) is 4.90 Å².